The number of hydrogen-bond donors (Lipinski definition) is 2. The van der Waals surface area contributed by atoms with Gasteiger partial charge in [0.05, 0.1) is 16.4 Å². The fraction of sp³-hybridized carbons (Fsp3) is 0.600. The molecular formula is C20H31NO5S. The van der Waals surface area contributed by atoms with Crippen molar-refractivity contribution in [3.05, 3.63) is 35.9 Å². The number of nitrogens with one attached hydrogen (secondary N) is 1. The Balaban J connectivity index is 3.05. The maximum Gasteiger partial charge on any atom is 0.326 e. The van der Waals surface area contributed by atoms with Crippen LogP contribution in [-0.2, 0) is 25.8 Å². The highest BCUT2D eigenvalue weighted by molar-refractivity contribution is 7.92. The second-order valence-electron chi connectivity index (χ2n) is 7.82. The summed E-state index contributed by atoms with van der Waals surface area (Å²) in [4.78, 5) is 24.2. The van der Waals surface area contributed by atoms with Crippen LogP contribution in [0.3, 0.4) is 0 Å². The van der Waals surface area contributed by atoms with E-state index in [1.807, 2.05) is 37.3 Å². The number of carboxylic acid groups (broad SMARTS) is 1. The summed E-state index contributed by atoms with van der Waals surface area (Å²) in [6.07, 6.45) is 2.04. The highest BCUT2D eigenvalue weighted by Gasteiger charge is 2.35. The first-order valence-corrected chi connectivity index (χ1v) is 10.9. The SMILES string of the molecule is CCCCC(NC(=O)C(Cc1ccccc1)CS(=O)(=O)C(C)(C)C)C(=O)O. The Labute approximate surface area is 162 Å². The van der Waals surface area contributed by atoms with Gasteiger partial charge in [-0.25, -0.2) is 13.2 Å². The van der Waals surface area contributed by atoms with E-state index < -0.39 is 38.4 Å². The molecule has 0 saturated carbocycles. The summed E-state index contributed by atoms with van der Waals surface area (Å²) in [5.41, 5.74) is 0.835. The molecular weight excluding hydrogens is 366 g/mol. The topological polar surface area (TPSA) is 101 Å². The molecule has 152 valence electrons. The number of aliphatic carboxylic acids is 1. The van der Waals surface area contributed by atoms with E-state index in [1.54, 1.807) is 20.8 Å². The van der Waals surface area contributed by atoms with Crippen molar-refractivity contribution in [3.63, 3.8) is 0 Å². The lowest BCUT2D eigenvalue weighted by Gasteiger charge is -2.25. The molecule has 27 heavy (non-hydrogen) atoms. The minimum absolute atomic E-state index is 0.238. The summed E-state index contributed by atoms with van der Waals surface area (Å²) in [6, 6.07) is 8.14. The number of carboxylic acids is 1. The largest absolute Gasteiger partial charge is 0.480 e. The molecule has 1 aromatic rings. The Morgan fingerprint density at radius 1 is 1.15 bits per heavy atom. The molecule has 0 aromatic heterocycles. The molecule has 0 bridgehead atoms. The fourth-order valence-corrected chi connectivity index (χ4v) is 3.89. The maximum atomic E-state index is 12.8. The smallest absolute Gasteiger partial charge is 0.326 e. The van der Waals surface area contributed by atoms with Crippen LogP contribution in [0.15, 0.2) is 30.3 Å². The molecule has 0 heterocycles. The Kier molecular flexibility index (Phi) is 8.47. The number of amides is 1. The van der Waals surface area contributed by atoms with E-state index in [1.165, 1.54) is 0 Å². The van der Waals surface area contributed by atoms with Gasteiger partial charge in [-0.3, -0.25) is 4.79 Å². The van der Waals surface area contributed by atoms with Gasteiger partial charge in [0.15, 0.2) is 9.84 Å². The van der Waals surface area contributed by atoms with Crippen LogP contribution in [0.1, 0.15) is 52.5 Å². The number of unbranched alkanes of at least 4 members (excludes halogenated alkanes) is 1. The number of sulfone groups is 1. The Hall–Kier alpha value is -1.89. The van der Waals surface area contributed by atoms with Crippen molar-refractivity contribution >= 4 is 21.7 Å². The van der Waals surface area contributed by atoms with Crippen LogP contribution in [0.2, 0.25) is 0 Å². The molecule has 0 aliphatic rings. The summed E-state index contributed by atoms with van der Waals surface area (Å²) in [7, 11) is -3.54. The third kappa shape index (κ3) is 7.33. The quantitative estimate of drug-likeness (QED) is 0.632. The van der Waals surface area contributed by atoms with Gasteiger partial charge < -0.3 is 10.4 Å². The van der Waals surface area contributed by atoms with Crippen LogP contribution < -0.4 is 5.32 Å². The zero-order valence-corrected chi connectivity index (χ0v) is 17.4. The second kappa shape index (κ2) is 9.88. The van der Waals surface area contributed by atoms with Crippen LogP contribution >= 0.6 is 0 Å². The molecule has 0 radical (unpaired) electrons. The molecule has 0 aliphatic heterocycles. The van der Waals surface area contributed by atoms with Crippen molar-refractivity contribution in [3.8, 4) is 0 Å². The van der Waals surface area contributed by atoms with Gasteiger partial charge in [0, 0.05) is 0 Å². The van der Waals surface area contributed by atoms with Crippen LogP contribution in [0.4, 0.5) is 0 Å². The highest BCUT2D eigenvalue weighted by atomic mass is 32.2. The average Bonchev–Trinajstić information content (AvgIpc) is 2.57. The molecule has 1 rings (SSSR count). The third-order valence-corrected chi connectivity index (χ3v) is 7.22. The number of rotatable bonds is 10. The molecule has 1 amide bonds. The van der Waals surface area contributed by atoms with Gasteiger partial charge >= 0.3 is 5.97 Å². The first kappa shape index (κ1) is 23.1. The van der Waals surface area contributed by atoms with E-state index >= 15 is 0 Å². The minimum atomic E-state index is -3.54. The second-order valence-corrected chi connectivity index (χ2v) is 10.6. The number of hydrogen-bond acceptors (Lipinski definition) is 4. The van der Waals surface area contributed by atoms with Gasteiger partial charge in [-0.05, 0) is 39.2 Å². The number of benzene rings is 1. The van der Waals surface area contributed by atoms with Crippen LogP contribution in [0.5, 0.6) is 0 Å². The molecule has 2 N–H and O–H groups in total. The molecule has 6 nitrogen and oxygen atoms in total. The summed E-state index contributed by atoms with van der Waals surface area (Å²) >= 11 is 0. The first-order chi connectivity index (χ1) is 12.5. The normalized spacial score (nSPS) is 14.4. The zero-order valence-electron chi connectivity index (χ0n) is 16.6. The molecule has 7 heteroatoms. The Morgan fingerprint density at radius 2 is 1.74 bits per heavy atom. The summed E-state index contributed by atoms with van der Waals surface area (Å²) in [5.74, 6) is -2.80. The van der Waals surface area contributed by atoms with Crippen molar-refractivity contribution in [2.45, 2.75) is 64.2 Å². The number of carbonyl (C=O) groups excluding carboxylic acids is 1. The van der Waals surface area contributed by atoms with Gasteiger partial charge in [-0.2, -0.15) is 0 Å². The van der Waals surface area contributed by atoms with E-state index in [-0.39, 0.29) is 12.2 Å². The van der Waals surface area contributed by atoms with Gasteiger partial charge in [-0.15, -0.1) is 0 Å². The molecule has 2 unspecified atom stereocenters. The van der Waals surface area contributed by atoms with Gasteiger partial charge in [0.1, 0.15) is 6.04 Å². The fourth-order valence-electron chi connectivity index (χ4n) is 2.60. The standard InChI is InChI=1S/C20H31NO5S/c1-5-6-12-17(19(23)24)21-18(22)16(13-15-10-8-7-9-11-15)14-27(25,26)20(2,3)4/h7-11,16-17H,5-6,12-14H2,1-4H3,(H,21,22)(H,23,24). The molecule has 2 atom stereocenters. The van der Waals surface area contributed by atoms with Crippen molar-refractivity contribution in [2.24, 2.45) is 5.92 Å². The highest BCUT2D eigenvalue weighted by Crippen LogP contribution is 2.21. The predicted octanol–water partition coefficient (Wildman–Crippen LogP) is 2.82. The monoisotopic (exact) mass is 397 g/mol. The van der Waals surface area contributed by atoms with E-state index in [0.717, 1.165) is 12.0 Å². The summed E-state index contributed by atoms with van der Waals surface area (Å²) in [5, 5.41) is 11.9. The molecule has 0 saturated heterocycles. The summed E-state index contributed by atoms with van der Waals surface area (Å²) in [6.45, 7) is 6.73. The van der Waals surface area contributed by atoms with Crippen LogP contribution in [0, 0.1) is 5.92 Å². The molecule has 1 aromatic carbocycles. The lowest BCUT2D eigenvalue weighted by atomic mass is 9.99. The van der Waals surface area contributed by atoms with Crippen molar-refractivity contribution in [1.29, 1.82) is 0 Å². The van der Waals surface area contributed by atoms with Crippen LogP contribution in [-0.4, -0.2) is 41.9 Å². The third-order valence-electron chi connectivity index (χ3n) is 4.51. The maximum absolute atomic E-state index is 12.8. The van der Waals surface area contributed by atoms with E-state index in [4.69, 9.17) is 0 Å². The molecule has 0 aliphatic carbocycles. The van der Waals surface area contributed by atoms with Crippen molar-refractivity contribution in [1.82, 2.24) is 5.32 Å². The minimum Gasteiger partial charge on any atom is -0.480 e. The number of carbonyl (C=O) groups is 2. The van der Waals surface area contributed by atoms with Gasteiger partial charge in [0.25, 0.3) is 0 Å². The van der Waals surface area contributed by atoms with Crippen molar-refractivity contribution < 1.29 is 23.1 Å². The lowest BCUT2D eigenvalue weighted by molar-refractivity contribution is -0.142. The van der Waals surface area contributed by atoms with Gasteiger partial charge in [-0.1, -0.05) is 50.1 Å². The van der Waals surface area contributed by atoms with E-state index in [2.05, 4.69) is 5.32 Å². The van der Waals surface area contributed by atoms with Gasteiger partial charge in [0.2, 0.25) is 5.91 Å². The van der Waals surface area contributed by atoms with E-state index in [9.17, 15) is 23.1 Å². The Bertz CT molecular complexity index is 722. The summed E-state index contributed by atoms with van der Waals surface area (Å²) < 4.78 is 24.3. The molecule has 0 fully saturated rings. The average molecular weight is 398 g/mol. The van der Waals surface area contributed by atoms with E-state index in [0.29, 0.717) is 12.8 Å². The predicted molar refractivity (Wildman–Crippen MR) is 106 cm³/mol. The van der Waals surface area contributed by atoms with Crippen molar-refractivity contribution in [2.75, 3.05) is 5.75 Å². The Morgan fingerprint density at radius 3 is 2.22 bits per heavy atom. The van der Waals surface area contributed by atoms with Crippen LogP contribution in [0.25, 0.3) is 0 Å². The lowest BCUT2D eigenvalue weighted by Crippen LogP contribution is -2.47. The molecule has 0 spiro atoms. The first-order valence-electron chi connectivity index (χ1n) is 9.27. The zero-order chi connectivity index (χ0) is 20.7.